The zero-order chi connectivity index (χ0) is 7.56. The summed E-state index contributed by atoms with van der Waals surface area (Å²) in [5.41, 5.74) is 0. The molecular formula is C10H18. The second kappa shape index (κ2) is 3.41. The first-order valence-electron chi connectivity index (χ1n) is 4.34. The average molecular weight is 138 g/mol. The summed E-state index contributed by atoms with van der Waals surface area (Å²) in [5, 5.41) is 0. The normalized spacial score (nSPS) is 24.0. The van der Waals surface area contributed by atoms with Crippen LogP contribution < -0.4 is 0 Å². The molecule has 0 heteroatoms. The van der Waals surface area contributed by atoms with Crippen LogP contribution in [0.3, 0.4) is 0 Å². The van der Waals surface area contributed by atoms with Gasteiger partial charge in [-0.2, -0.15) is 0 Å². The van der Waals surface area contributed by atoms with E-state index in [1.807, 2.05) is 0 Å². The van der Waals surface area contributed by atoms with Crippen LogP contribution >= 0.6 is 0 Å². The molecule has 0 N–H and O–H groups in total. The first-order chi connectivity index (χ1) is 4.70. The lowest BCUT2D eigenvalue weighted by Gasteiger charge is -2.28. The monoisotopic (exact) mass is 138 g/mol. The summed E-state index contributed by atoms with van der Waals surface area (Å²) >= 11 is 0. The fourth-order valence-corrected chi connectivity index (χ4v) is 1.70. The highest BCUT2D eigenvalue weighted by molar-refractivity contribution is 4.91. The summed E-state index contributed by atoms with van der Waals surface area (Å²) in [5.74, 6) is 3.26. The lowest BCUT2D eigenvalue weighted by molar-refractivity contribution is 0.314. The second-order valence-electron chi connectivity index (χ2n) is 3.77. The lowest BCUT2D eigenvalue weighted by Crippen LogP contribution is -2.15. The van der Waals surface area contributed by atoms with Gasteiger partial charge >= 0.3 is 0 Å². The Bertz CT molecular complexity index is 86.2. The molecule has 10 heavy (non-hydrogen) atoms. The molecule has 0 saturated heterocycles. The zero-order valence-electron chi connectivity index (χ0n) is 7.19. The van der Waals surface area contributed by atoms with Gasteiger partial charge in [0.05, 0.1) is 0 Å². The van der Waals surface area contributed by atoms with E-state index in [1.54, 1.807) is 5.92 Å². The Hall–Kier alpha value is 0. The minimum atomic E-state index is 0.660. The van der Waals surface area contributed by atoms with Gasteiger partial charge in [-0.1, -0.05) is 20.8 Å². The quantitative estimate of drug-likeness (QED) is 0.522. The van der Waals surface area contributed by atoms with E-state index < -0.39 is 0 Å². The summed E-state index contributed by atoms with van der Waals surface area (Å²) in [7, 11) is 0. The molecule has 0 aromatic heterocycles. The van der Waals surface area contributed by atoms with Crippen molar-refractivity contribution in [2.24, 2.45) is 11.8 Å². The molecule has 0 spiro atoms. The van der Waals surface area contributed by atoms with Crippen LogP contribution in [0.2, 0.25) is 0 Å². The van der Waals surface area contributed by atoms with Crippen molar-refractivity contribution in [2.75, 3.05) is 0 Å². The van der Waals surface area contributed by atoms with E-state index in [4.69, 9.17) is 0 Å². The van der Waals surface area contributed by atoms with Gasteiger partial charge in [-0.25, -0.2) is 0 Å². The van der Waals surface area contributed by atoms with E-state index in [2.05, 4.69) is 20.8 Å². The van der Waals surface area contributed by atoms with Crippen LogP contribution in [-0.4, -0.2) is 0 Å². The Labute approximate surface area is 65.0 Å². The average Bonchev–Trinajstić information content (AvgIpc) is 1.88. The van der Waals surface area contributed by atoms with Gasteiger partial charge in [0.15, 0.2) is 0 Å². The summed E-state index contributed by atoms with van der Waals surface area (Å²) in [6.07, 6.45) is 5.47. The van der Waals surface area contributed by atoms with Crippen molar-refractivity contribution in [1.82, 2.24) is 0 Å². The van der Waals surface area contributed by atoms with Crippen molar-refractivity contribution in [3.63, 3.8) is 0 Å². The largest absolute Gasteiger partial charge is 0.0622 e. The molecule has 0 amide bonds. The number of hydrogen-bond acceptors (Lipinski definition) is 0. The minimum absolute atomic E-state index is 0.660. The molecule has 2 radical (unpaired) electrons. The summed E-state index contributed by atoms with van der Waals surface area (Å²) in [6, 6.07) is 0. The summed E-state index contributed by atoms with van der Waals surface area (Å²) < 4.78 is 0. The molecule has 0 aliphatic heterocycles. The van der Waals surface area contributed by atoms with E-state index in [0.717, 1.165) is 5.92 Å². The van der Waals surface area contributed by atoms with Gasteiger partial charge in [0.1, 0.15) is 0 Å². The minimum Gasteiger partial charge on any atom is -0.0622 e. The molecule has 58 valence electrons. The maximum absolute atomic E-state index is 4.08. The maximum atomic E-state index is 4.08. The molecule has 1 aliphatic rings. The van der Waals surface area contributed by atoms with Gasteiger partial charge in [-0.15, -0.1) is 0 Å². The van der Waals surface area contributed by atoms with Gasteiger partial charge in [0.2, 0.25) is 0 Å². The Morgan fingerprint density at radius 2 is 1.90 bits per heavy atom. The lowest BCUT2D eigenvalue weighted by atomic mass is 9.78. The fraction of sp³-hybridized carbons (Fsp3) is 0.800. The first kappa shape index (κ1) is 8.10. The zero-order valence-corrected chi connectivity index (χ0v) is 7.19. The highest BCUT2D eigenvalue weighted by Gasteiger charge is 2.20. The van der Waals surface area contributed by atoms with Gasteiger partial charge in [-0.05, 0) is 43.4 Å². The molecule has 0 heterocycles. The number of hydrogen-bond donors (Lipinski definition) is 0. The fourth-order valence-electron chi connectivity index (χ4n) is 1.70. The smallest absolute Gasteiger partial charge is 0.0272 e. The molecule has 1 atom stereocenters. The Morgan fingerprint density at radius 3 is 2.30 bits per heavy atom. The highest BCUT2D eigenvalue weighted by atomic mass is 14.3. The van der Waals surface area contributed by atoms with Crippen molar-refractivity contribution >= 4 is 0 Å². The molecule has 0 nitrogen and oxygen atoms in total. The van der Waals surface area contributed by atoms with E-state index >= 15 is 0 Å². The standard InChI is InChI=1S/C10H18/c1-8(2)10-6-4-9(3)5-7-10/h8,10H,1,4-7H2,2-3H3. The van der Waals surface area contributed by atoms with Crippen molar-refractivity contribution in [3.8, 4) is 0 Å². The van der Waals surface area contributed by atoms with Gasteiger partial charge in [0, 0.05) is 0 Å². The van der Waals surface area contributed by atoms with Crippen LogP contribution in [0, 0.1) is 24.7 Å². The van der Waals surface area contributed by atoms with Crippen LogP contribution in [-0.2, 0) is 0 Å². The molecule has 1 unspecified atom stereocenters. The van der Waals surface area contributed by atoms with Crippen molar-refractivity contribution in [2.45, 2.75) is 39.5 Å². The molecule has 1 rings (SSSR count). The third-order valence-corrected chi connectivity index (χ3v) is 2.69. The molecule has 0 bridgehead atoms. The summed E-state index contributed by atoms with van der Waals surface area (Å²) in [4.78, 5) is 0. The van der Waals surface area contributed by atoms with Gasteiger partial charge < -0.3 is 0 Å². The predicted molar refractivity (Wildman–Crippen MR) is 45.4 cm³/mol. The van der Waals surface area contributed by atoms with Crippen molar-refractivity contribution < 1.29 is 0 Å². The molecule has 0 aromatic carbocycles. The third kappa shape index (κ3) is 2.00. The Morgan fingerprint density at radius 1 is 1.40 bits per heavy atom. The van der Waals surface area contributed by atoms with Crippen LogP contribution in [0.4, 0.5) is 0 Å². The maximum Gasteiger partial charge on any atom is -0.0272 e. The third-order valence-electron chi connectivity index (χ3n) is 2.69. The molecular weight excluding hydrogens is 120 g/mol. The van der Waals surface area contributed by atoms with Crippen molar-refractivity contribution in [1.29, 1.82) is 0 Å². The Balaban J connectivity index is 2.26. The molecule has 1 aliphatic carbocycles. The molecule has 0 aromatic rings. The predicted octanol–water partition coefficient (Wildman–Crippen LogP) is 3.24. The Kier molecular flexibility index (Phi) is 2.76. The molecule has 1 saturated carbocycles. The van der Waals surface area contributed by atoms with Crippen molar-refractivity contribution in [3.05, 3.63) is 12.8 Å². The van der Waals surface area contributed by atoms with Crippen LogP contribution in [0.15, 0.2) is 0 Å². The van der Waals surface area contributed by atoms with Crippen LogP contribution in [0.1, 0.15) is 39.5 Å². The molecule has 1 fully saturated rings. The summed E-state index contributed by atoms with van der Waals surface area (Å²) in [6.45, 7) is 8.60. The van der Waals surface area contributed by atoms with Gasteiger partial charge in [-0.3, -0.25) is 0 Å². The first-order valence-corrected chi connectivity index (χ1v) is 4.34. The second-order valence-corrected chi connectivity index (χ2v) is 3.77. The topological polar surface area (TPSA) is 0 Å². The van der Waals surface area contributed by atoms with E-state index in [1.165, 1.54) is 25.7 Å². The highest BCUT2D eigenvalue weighted by Crippen LogP contribution is 2.33. The van der Waals surface area contributed by atoms with E-state index in [-0.39, 0.29) is 0 Å². The SMILES string of the molecule is [CH2]C(C)C1CC[C](C)CC1. The van der Waals surface area contributed by atoms with E-state index in [9.17, 15) is 0 Å². The van der Waals surface area contributed by atoms with E-state index in [0.29, 0.717) is 5.92 Å². The van der Waals surface area contributed by atoms with Crippen LogP contribution in [0.25, 0.3) is 0 Å². The number of rotatable bonds is 1. The van der Waals surface area contributed by atoms with Gasteiger partial charge in [0.25, 0.3) is 0 Å². The van der Waals surface area contributed by atoms with Crippen LogP contribution in [0.5, 0.6) is 0 Å².